The largest absolute Gasteiger partial charge is 0.444 e. The van der Waals surface area contributed by atoms with Crippen molar-refractivity contribution in [3.05, 3.63) is 48.3 Å². The summed E-state index contributed by atoms with van der Waals surface area (Å²) in [6.07, 6.45) is 3.11. The summed E-state index contributed by atoms with van der Waals surface area (Å²) in [6.45, 7) is 6.06. The van der Waals surface area contributed by atoms with E-state index < -0.39 is 11.7 Å². The highest BCUT2D eigenvalue weighted by Crippen LogP contribution is 2.29. The lowest BCUT2D eigenvalue weighted by Crippen LogP contribution is -2.27. The molecular formula is C17H19N5O2S. The predicted molar refractivity (Wildman–Crippen MR) is 96.5 cm³/mol. The zero-order chi connectivity index (χ0) is 17.9. The van der Waals surface area contributed by atoms with Crippen molar-refractivity contribution >= 4 is 22.6 Å². The number of ether oxygens (including phenoxy) is 1. The van der Waals surface area contributed by atoms with Crippen LogP contribution in [0.3, 0.4) is 0 Å². The predicted octanol–water partition coefficient (Wildman–Crippen LogP) is 3.80. The number of rotatable bonds is 4. The standard InChI is InChI=1S/C17H19N5O2S/c1-17(2,3)24-16(23)19-15-21-20-14(25-15)13-8-5-4-7-12(13)11-22-10-6-9-18-22/h4-10H,11H2,1-3H3,(H,19,21,23). The van der Waals surface area contributed by atoms with Crippen molar-refractivity contribution in [1.82, 2.24) is 20.0 Å². The molecule has 1 amide bonds. The maximum absolute atomic E-state index is 11.8. The molecule has 3 aromatic rings. The number of hydrogen-bond donors (Lipinski definition) is 1. The number of benzene rings is 1. The summed E-state index contributed by atoms with van der Waals surface area (Å²) >= 11 is 1.30. The smallest absolute Gasteiger partial charge is 0.414 e. The number of amides is 1. The average molecular weight is 357 g/mol. The quantitative estimate of drug-likeness (QED) is 0.768. The Labute approximate surface area is 149 Å². The van der Waals surface area contributed by atoms with Gasteiger partial charge < -0.3 is 4.74 Å². The third-order valence-electron chi connectivity index (χ3n) is 3.17. The number of nitrogens with one attached hydrogen (secondary N) is 1. The molecule has 0 saturated heterocycles. The molecule has 0 fully saturated rings. The summed E-state index contributed by atoms with van der Waals surface area (Å²) in [6, 6.07) is 9.82. The molecule has 1 aromatic carbocycles. The minimum Gasteiger partial charge on any atom is -0.444 e. The van der Waals surface area contributed by atoms with Crippen LogP contribution in [0.5, 0.6) is 0 Å². The topological polar surface area (TPSA) is 81.9 Å². The van der Waals surface area contributed by atoms with Gasteiger partial charge in [-0.15, -0.1) is 10.2 Å². The number of hydrogen-bond acceptors (Lipinski definition) is 6. The van der Waals surface area contributed by atoms with Gasteiger partial charge >= 0.3 is 6.09 Å². The Morgan fingerprint density at radius 2 is 2.04 bits per heavy atom. The molecule has 0 saturated carbocycles. The van der Waals surface area contributed by atoms with Crippen molar-refractivity contribution in [1.29, 1.82) is 0 Å². The summed E-state index contributed by atoms with van der Waals surface area (Å²) in [4.78, 5) is 11.8. The molecule has 0 bridgehead atoms. The normalized spacial score (nSPS) is 11.3. The summed E-state index contributed by atoms with van der Waals surface area (Å²) in [5.74, 6) is 0. The first-order valence-corrected chi connectivity index (χ1v) is 8.61. The van der Waals surface area contributed by atoms with Gasteiger partial charge in [0.1, 0.15) is 10.6 Å². The van der Waals surface area contributed by atoms with Gasteiger partial charge in [-0.1, -0.05) is 35.6 Å². The molecule has 8 heteroatoms. The van der Waals surface area contributed by atoms with Crippen molar-refractivity contribution in [3.63, 3.8) is 0 Å². The molecule has 2 heterocycles. The number of carbonyl (C=O) groups is 1. The molecule has 0 aliphatic carbocycles. The number of anilines is 1. The van der Waals surface area contributed by atoms with E-state index in [0.29, 0.717) is 11.7 Å². The van der Waals surface area contributed by atoms with Gasteiger partial charge in [0, 0.05) is 18.0 Å². The third-order valence-corrected chi connectivity index (χ3v) is 4.04. The molecule has 0 radical (unpaired) electrons. The van der Waals surface area contributed by atoms with Crippen LogP contribution in [-0.2, 0) is 11.3 Å². The van der Waals surface area contributed by atoms with Crippen molar-refractivity contribution in [2.75, 3.05) is 5.32 Å². The van der Waals surface area contributed by atoms with E-state index in [1.165, 1.54) is 11.3 Å². The Morgan fingerprint density at radius 1 is 1.24 bits per heavy atom. The van der Waals surface area contributed by atoms with Gasteiger partial charge in [-0.3, -0.25) is 10.00 Å². The SMILES string of the molecule is CC(C)(C)OC(=O)Nc1nnc(-c2ccccc2Cn2cccn2)s1. The van der Waals surface area contributed by atoms with Gasteiger partial charge in [0.25, 0.3) is 0 Å². The Morgan fingerprint density at radius 3 is 2.76 bits per heavy atom. The van der Waals surface area contributed by atoms with E-state index in [-0.39, 0.29) is 0 Å². The van der Waals surface area contributed by atoms with Crippen LogP contribution in [0.2, 0.25) is 0 Å². The van der Waals surface area contributed by atoms with E-state index >= 15 is 0 Å². The molecule has 25 heavy (non-hydrogen) atoms. The van der Waals surface area contributed by atoms with Gasteiger partial charge in [0.15, 0.2) is 0 Å². The molecule has 130 valence electrons. The molecule has 1 N–H and O–H groups in total. The van der Waals surface area contributed by atoms with Gasteiger partial charge in [0.05, 0.1) is 6.54 Å². The first kappa shape index (κ1) is 17.1. The first-order valence-electron chi connectivity index (χ1n) is 7.80. The fourth-order valence-electron chi connectivity index (χ4n) is 2.21. The molecule has 2 aromatic heterocycles. The summed E-state index contributed by atoms with van der Waals surface area (Å²) < 4.78 is 7.07. The van der Waals surface area contributed by atoms with Crippen LogP contribution < -0.4 is 5.32 Å². The maximum Gasteiger partial charge on any atom is 0.414 e. The van der Waals surface area contributed by atoms with E-state index in [1.54, 1.807) is 6.20 Å². The minimum atomic E-state index is -0.562. The summed E-state index contributed by atoms with van der Waals surface area (Å²) in [5, 5.41) is 16.2. The molecule has 0 unspecified atom stereocenters. The van der Waals surface area contributed by atoms with Crippen LogP contribution in [0.1, 0.15) is 26.3 Å². The van der Waals surface area contributed by atoms with Crippen LogP contribution in [0.4, 0.5) is 9.93 Å². The van der Waals surface area contributed by atoms with E-state index in [9.17, 15) is 4.79 Å². The van der Waals surface area contributed by atoms with E-state index in [4.69, 9.17) is 4.74 Å². The second-order valence-electron chi connectivity index (χ2n) is 6.40. The number of carbonyl (C=O) groups excluding carboxylic acids is 1. The van der Waals surface area contributed by atoms with Crippen LogP contribution >= 0.6 is 11.3 Å². The van der Waals surface area contributed by atoms with Crippen LogP contribution in [0.25, 0.3) is 10.6 Å². The fourth-order valence-corrected chi connectivity index (χ4v) is 3.00. The molecule has 7 nitrogen and oxygen atoms in total. The number of nitrogens with zero attached hydrogens (tertiary/aromatic N) is 4. The van der Waals surface area contributed by atoms with Crippen LogP contribution in [0.15, 0.2) is 42.7 Å². The van der Waals surface area contributed by atoms with E-state index in [2.05, 4.69) is 20.6 Å². The molecule has 3 rings (SSSR count). The monoisotopic (exact) mass is 357 g/mol. The lowest BCUT2D eigenvalue weighted by molar-refractivity contribution is 0.0636. The molecule has 0 aliphatic rings. The van der Waals surface area contributed by atoms with Crippen LogP contribution in [0, 0.1) is 0 Å². The van der Waals surface area contributed by atoms with Crippen molar-refractivity contribution in [2.45, 2.75) is 32.9 Å². The number of aromatic nitrogens is 4. The second kappa shape index (κ2) is 7.02. The molecule has 0 spiro atoms. The van der Waals surface area contributed by atoms with Gasteiger partial charge in [0.2, 0.25) is 5.13 Å². The average Bonchev–Trinajstić information content (AvgIpc) is 3.18. The van der Waals surface area contributed by atoms with E-state index in [0.717, 1.165) is 16.1 Å². The second-order valence-corrected chi connectivity index (χ2v) is 7.38. The van der Waals surface area contributed by atoms with Gasteiger partial charge in [-0.2, -0.15) is 5.10 Å². The van der Waals surface area contributed by atoms with Crippen molar-refractivity contribution in [3.8, 4) is 10.6 Å². The summed E-state index contributed by atoms with van der Waals surface area (Å²) in [7, 11) is 0. The summed E-state index contributed by atoms with van der Waals surface area (Å²) in [5.41, 5.74) is 1.48. The maximum atomic E-state index is 11.8. The highest BCUT2D eigenvalue weighted by atomic mass is 32.1. The Bertz CT molecular complexity index is 852. The fraction of sp³-hybridized carbons (Fsp3) is 0.294. The van der Waals surface area contributed by atoms with Gasteiger partial charge in [-0.05, 0) is 32.4 Å². The van der Waals surface area contributed by atoms with Crippen molar-refractivity contribution < 1.29 is 9.53 Å². The van der Waals surface area contributed by atoms with Crippen LogP contribution in [-0.4, -0.2) is 31.7 Å². The Hall–Kier alpha value is -2.74. The molecular weight excluding hydrogens is 338 g/mol. The third kappa shape index (κ3) is 4.63. The molecule has 0 atom stereocenters. The van der Waals surface area contributed by atoms with Crippen molar-refractivity contribution in [2.24, 2.45) is 0 Å². The van der Waals surface area contributed by atoms with Gasteiger partial charge in [-0.25, -0.2) is 4.79 Å². The Balaban J connectivity index is 1.77. The highest BCUT2D eigenvalue weighted by Gasteiger charge is 2.18. The highest BCUT2D eigenvalue weighted by molar-refractivity contribution is 7.18. The lowest BCUT2D eigenvalue weighted by atomic mass is 10.1. The van der Waals surface area contributed by atoms with E-state index in [1.807, 2.05) is 62.0 Å². The minimum absolute atomic E-state index is 0.401. The molecule has 0 aliphatic heterocycles. The zero-order valence-corrected chi connectivity index (χ0v) is 15.1. The lowest BCUT2D eigenvalue weighted by Gasteiger charge is -2.18. The Kier molecular flexibility index (Phi) is 4.80. The zero-order valence-electron chi connectivity index (χ0n) is 14.3. The first-order chi connectivity index (χ1) is 11.9.